The number of nitrogens with one attached hydrogen (secondary N) is 3. The van der Waals surface area contributed by atoms with Gasteiger partial charge in [-0.25, -0.2) is 0 Å². The first-order chi connectivity index (χ1) is 10.1. The highest BCUT2D eigenvalue weighted by Gasteiger charge is 2.11. The van der Waals surface area contributed by atoms with E-state index in [2.05, 4.69) is 10.7 Å². The van der Waals surface area contributed by atoms with Crippen molar-refractivity contribution in [2.24, 2.45) is 0 Å². The van der Waals surface area contributed by atoms with Gasteiger partial charge in [0.1, 0.15) is 0 Å². The lowest BCUT2D eigenvalue weighted by Crippen LogP contribution is -2.26. The van der Waals surface area contributed by atoms with E-state index in [0.717, 1.165) is 27.6 Å². The molecular weight excluding hydrogens is 284 g/mol. The van der Waals surface area contributed by atoms with Gasteiger partial charge in [-0.05, 0) is 55.5 Å². The molecule has 0 unspecified atom stereocenters. The summed E-state index contributed by atoms with van der Waals surface area (Å²) in [5.74, 6) is 0.422. The largest absolute Gasteiger partial charge is 0.344 e. The molecule has 1 aliphatic rings. The number of hydrogen-bond donors (Lipinski definition) is 3. The number of fused-ring (bicyclic) bond motifs is 1. The lowest BCUT2D eigenvalue weighted by molar-refractivity contribution is 1.15. The monoisotopic (exact) mass is 298 g/mol. The van der Waals surface area contributed by atoms with Crippen LogP contribution in [-0.4, -0.2) is 5.84 Å². The lowest BCUT2D eigenvalue weighted by atomic mass is 10.1. The molecule has 0 aromatic heterocycles. The fourth-order valence-corrected chi connectivity index (χ4v) is 2.30. The molecule has 0 bridgehead atoms. The summed E-state index contributed by atoms with van der Waals surface area (Å²) in [5.41, 5.74) is 7.35. The van der Waals surface area contributed by atoms with Crippen molar-refractivity contribution < 1.29 is 0 Å². The van der Waals surface area contributed by atoms with Crippen molar-refractivity contribution in [3.8, 4) is 0 Å². The summed E-state index contributed by atoms with van der Waals surface area (Å²) in [6, 6.07) is 13.6. The van der Waals surface area contributed by atoms with Gasteiger partial charge < -0.3 is 5.32 Å². The Morgan fingerprint density at radius 3 is 2.67 bits per heavy atom. The minimum Gasteiger partial charge on any atom is -0.344 e. The van der Waals surface area contributed by atoms with E-state index in [4.69, 9.17) is 17.0 Å². The van der Waals surface area contributed by atoms with Gasteiger partial charge in [-0.3, -0.25) is 15.8 Å². The molecule has 3 rings (SSSR count). The maximum absolute atomic E-state index is 7.47. The van der Waals surface area contributed by atoms with Crippen LogP contribution in [0.4, 0.5) is 17.1 Å². The molecule has 0 atom stereocenters. The molecule has 2 aromatic rings. The SMILES string of the molecule is CC(=N)Nc1ccc2c(c1)C=CN(c1ccc(Cl)cc1)N2. The van der Waals surface area contributed by atoms with Gasteiger partial charge in [0.2, 0.25) is 0 Å². The van der Waals surface area contributed by atoms with E-state index >= 15 is 0 Å². The van der Waals surface area contributed by atoms with Crippen molar-refractivity contribution in [2.75, 3.05) is 15.8 Å². The molecule has 0 fully saturated rings. The zero-order valence-corrected chi connectivity index (χ0v) is 12.3. The average Bonchev–Trinajstić information content (AvgIpc) is 2.47. The number of halogens is 1. The number of amidine groups is 1. The van der Waals surface area contributed by atoms with Gasteiger partial charge in [0.15, 0.2) is 0 Å². The zero-order chi connectivity index (χ0) is 14.8. The molecule has 0 saturated carbocycles. The predicted molar refractivity (Wildman–Crippen MR) is 90.1 cm³/mol. The van der Waals surface area contributed by atoms with Crippen molar-refractivity contribution in [1.82, 2.24) is 0 Å². The number of hydrazine groups is 1. The molecule has 0 saturated heterocycles. The van der Waals surface area contributed by atoms with Gasteiger partial charge in [0.25, 0.3) is 0 Å². The van der Waals surface area contributed by atoms with Crippen LogP contribution >= 0.6 is 11.6 Å². The Hall–Kier alpha value is -2.46. The van der Waals surface area contributed by atoms with Crippen molar-refractivity contribution in [3.63, 3.8) is 0 Å². The first kappa shape index (κ1) is 13.5. The number of benzene rings is 2. The van der Waals surface area contributed by atoms with Crippen molar-refractivity contribution in [3.05, 3.63) is 59.3 Å². The van der Waals surface area contributed by atoms with Gasteiger partial charge in [-0.1, -0.05) is 11.6 Å². The van der Waals surface area contributed by atoms with Gasteiger partial charge >= 0.3 is 0 Å². The van der Waals surface area contributed by atoms with Crippen LogP contribution in [-0.2, 0) is 0 Å². The smallest absolute Gasteiger partial charge is 0.0944 e. The summed E-state index contributed by atoms with van der Waals surface area (Å²) >= 11 is 5.91. The van der Waals surface area contributed by atoms with Crippen LogP contribution in [0.25, 0.3) is 6.08 Å². The van der Waals surface area contributed by atoms with Gasteiger partial charge in [0, 0.05) is 22.5 Å². The highest BCUT2D eigenvalue weighted by Crippen LogP contribution is 2.29. The molecule has 4 nitrogen and oxygen atoms in total. The van der Waals surface area contributed by atoms with E-state index < -0.39 is 0 Å². The molecular formula is C16H15ClN4. The molecule has 2 aromatic carbocycles. The summed E-state index contributed by atoms with van der Waals surface area (Å²) in [7, 11) is 0. The van der Waals surface area contributed by atoms with Crippen molar-refractivity contribution >= 4 is 40.6 Å². The summed E-state index contributed by atoms with van der Waals surface area (Å²) in [4.78, 5) is 0. The normalized spacial score (nSPS) is 12.6. The minimum absolute atomic E-state index is 0.422. The molecule has 1 heterocycles. The van der Waals surface area contributed by atoms with Crippen molar-refractivity contribution in [2.45, 2.75) is 6.92 Å². The van der Waals surface area contributed by atoms with Gasteiger partial charge in [-0.15, -0.1) is 0 Å². The number of rotatable bonds is 2. The standard InChI is InChI=1S/C16H15ClN4/c1-11(18)19-14-4-7-16-12(10-14)8-9-21(20-16)15-5-2-13(17)3-6-15/h2-10,20H,1H3,(H2,18,19). The fraction of sp³-hybridized carbons (Fsp3) is 0.0625. The van der Waals surface area contributed by atoms with Crippen molar-refractivity contribution in [1.29, 1.82) is 5.41 Å². The Kier molecular flexibility index (Phi) is 3.54. The third-order valence-corrected chi connectivity index (χ3v) is 3.38. The molecule has 3 N–H and O–H groups in total. The average molecular weight is 299 g/mol. The molecule has 1 aliphatic heterocycles. The summed E-state index contributed by atoms with van der Waals surface area (Å²) in [5, 5.41) is 13.1. The first-order valence-electron chi connectivity index (χ1n) is 6.58. The molecule has 0 radical (unpaired) electrons. The number of anilines is 3. The van der Waals surface area contributed by atoms with E-state index in [1.54, 1.807) is 6.92 Å². The molecule has 5 heteroatoms. The molecule has 0 aliphatic carbocycles. The highest BCUT2D eigenvalue weighted by atomic mass is 35.5. The topological polar surface area (TPSA) is 51.2 Å². The maximum Gasteiger partial charge on any atom is 0.0944 e. The van der Waals surface area contributed by atoms with Crippen LogP contribution in [0.3, 0.4) is 0 Å². The third-order valence-electron chi connectivity index (χ3n) is 3.13. The molecule has 21 heavy (non-hydrogen) atoms. The Labute approximate surface area is 128 Å². The summed E-state index contributed by atoms with van der Waals surface area (Å²) < 4.78 is 0. The second kappa shape index (κ2) is 5.50. The molecule has 106 valence electrons. The molecule has 0 spiro atoms. The Balaban J connectivity index is 1.84. The van der Waals surface area contributed by atoms with E-state index in [1.807, 2.05) is 59.7 Å². The Morgan fingerprint density at radius 1 is 1.19 bits per heavy atom. The van der Waals surface area contributed by atoms with Crippen LogP contribution in [0.2, 0.25) is 5.02 Å². The van der Waals surface area contributed by atoms with E-state index in [1.165, 1.54) is 0 Å². The van der Waals surface area contributed by atoms with Crippen LogP contribution < -0.4 is 15.8 Å². The lowest BCUT2D eigenvalue weighted by Gasteiger charge is -2.27. The zero-order valence-electron chi connectivity index (χ0n) is 11.5. The predicted octanol–water partition coefficient (Wildman–Crippen LogP) is 4.57. The van der Waals surface area contributed by atoms with E-state index in [9.17, 15) is 0 Å². The van der Waals surface area contributed by atoms with Crippen LogP contribution in [0.5, 0.6) is 0 Å². The summed E-state index contributed by atoms with van der Waals surface area (Å²) in [6.07, 6.45) is 4.00. The highest BCUT2D eigenvalue weighted by molar-refractivity contribution is 6.30. The van der Waals surface area contributed by atoms with E-state index in [-0.39, 0.29) is 0 Å². The fourth-order valence-electron chi connectivity index (χ4n) is 2.17. The second-order valence-corrected chi connectivity index (χ2v) is 5.26. The second-order valence-electron chi connectivity index (χ2n) is 4.83. The van der Waals surface area contributed by atoms with Gasteiger partial charge in [0.05, 0.1) is 17.2 Å². The van der Waals surface area contributed by atoms with Crippen LogP contribution in [0.15, 0.2) is 48.7 Å². The first-order valence-corrected chi connectivity index (χ1v) is 6.95. The molecule has 0 amide bonds. The quantitative estimate of drug-likeness (QED) is 0.562. The van der Waals surface area contributed by atoms with Crippen LogP contribution in [0.1, 0.15) is 12.5 Å². The number of nitrogens with zero attached hydrogens (tertiary/aromatic N) is 1. The maximum atomic E-state index is 7.47. The summed E-state index contributed by atoms with van der Waals surface area (Å²) in [6.45, 7) is 1.72. The van der Waals surface area contributed by atoms with Gasteiger partial charge in [-0.2, -0.15) is 0 Å². The van der Waals surface area contributed by atoms with E-state index in [0.29, 0.717) is 5.84 Å². The Bertz CT molecular complexity index is 707. The number of hydrogen-bond acceptors (Lipinski definition) is 3. The van der Waals surface area contributed by atoms with Crippen LogP contribution in [0, 0.1) is 5.41 Å². The third kappa shape index (κ3) is 3.01. The Morgan fingerprint density at radius 2 is 1.95 bits per heavy atom. The minimum atomic E-state index is 0.422.